The van der Waals surface area contributed by atoms with Crippen molar-refractivity contribution in [2.45, 2.75) is 19.3 Å². The molecule has 126 valence electrons. The van der Waals surface area contributed by atoms with E-state index in [0.717, 1.165) is 25.2 Å². The van der Waals surface area contributed by atoms with Crippen LogP contribution in [0.15, 0.2) is 37.1 Å². The Bertz CT molecular complexity index is 770. The van der Waals surface area contributed by atoms with E-state index in [0.29, 0.717) is 0 Å². The summed E-state index contributed by atoms with van der Waals surface area (Å²) in [6.45, 7) is 5.86. The van der Waals surface area contributed by atoms with Gasteiger partial charge in [-0.3, -0.25) is 4.57 Å². The number of hydrogen-bond donors (Lipinski definition) is 2. The number of H-pyrrole nitrogens is 1. The molecule has 2 N–H and O–H groups in total. The number of aromatic nitrogens is 4. The maximum Gasteiger partial charge on any atom is 0.123 e. The van der Waals surface area contributed by atoms with Crippen LogP contribution < -0.4 is 5.32 Å². The molecular formula is C18H24N6. The van der Waals surface area contributed by atoms with E-state index in [1.807, 2.05) is 4.57 Å². The molecule has 1 aliphatic rings. The highest BCUT2D eigenvalue weighted by atomic mass is 15.2. The van der Waals surface area contributed by atoms with E-state index in [9.17, 15) is 0 Å². The van der Waals surface area contributed by atoms with Gasteiger partial charge in [0.15, 0.2) is 0 Å². The van der Waals surface area contributed by atoms with Gasteiger partial charge in [0.1, 0.15) is 12.7 Å². The summed E-state index contributed by atoms with van der Waals surface area (Å²) in [7, 11) is 0. The topological polar surface area (TPSA) is 61.8 Å². The van der Waals surface area contributed by atoms with E-state index in [2.05, 4.69) is 49.8 Å². The zero-order chi connectivity index (χ0) is 16.2. The fourth-order valence-electron chi connectivity index (χ4n) is 3.45. The number of nitrogens with one attached hydrogen (secondary N) is 2. The minimum atomic E-state index is 1.11. The number of piperazine rings is 1. The first-order valence-corrected chi connectivity index (χ1v) is 8.78. The minimum Gasteiger partial charge on any atom is -0.361 e. The smallest absolute Gasteiger partial charge is 0.123 e. The second-order valence-corrected chi connectivity index (χ2v) is 6.46. The predicted octanol–water partition coefficient (Wildman–Crippen LogP) is 1.98. The van der Waals surface area contributed by atoms with Crippen LogP contribution in [0.2, 0.25) is 0 Å². The van der Waals surface area contributed by atoms with Gasteiger partial charge in [0.2, 0.25) is 0 Å². The summed E-state index contributed by atoms with van der Waals surface area (Å²) in [6, 6.07) is 6.45. The van der Waals surface area contributed by atoms with Crippen molar-refractivity contribution in [2.75, 3.05) is 32.7 Å². The molecule has 0 radical (unpaired) electrons. The lowest BCUT2D eigenvalue weighted by Gasteiger charge is -2.26. The largest absolute Gasteiger partial charge is 0.361 e. The molecule has 0 spiro atoms. The predicted molar refractivity (Wildman–Crippen MR) is 95.5 cm³/mol. The molecule has 1 aromatic carbocycles. The van der Waals surface area contributed by atoms with Gasteiger partial charge in [-0.05, 0) is 49.6 Å². The summed E-state index contributed by atoms with van der Waals surface area (Å²) < 4.78 is 1.95. The molecule has 1 fully saturated rings. The van der Waals surface area contributed by atoms with Crippen LogP contribution in [0.1, 0.15) is 18.4 Å². The summed E-state index contributed by atoms with van der Waals surface area (Å²) in [5, 5.41) is 12.5. The van der Waals surface area contributed by atoms with E-state index in [1.54, 1.807) is 12.7 Å². The van der Waals surface area contributed by atoms with Crippen LogP contribution in [0.4, 0.5) is 0 Å². The molecule has 1 aliphatic heterocycles. The number of rotatable bonds is 6. The van der Waals surface area contributed by atoms with Gasteiger partial charge >= 0.3 is 0 Å². The SMILES string of the molecule is c1cc2[nH]cc(CCCCN3CCNCC3)c2cc1-n1cnnc1. The molecule has 0 aliphatic carbocycles. The van der Waals surface area contributed by atoms with Crippen LogP contribution in [0, 0.1) is 0 Å². The molecule has 24 heavy (non-hydrogen) atoms. The number of unbranched alkanes of at least 4 members (excludes halogenated alkanes) is 1. The number of fused-ring (bicyclic) bond motifs is 1. The van der Waals surface area contributed by atoms with Crippen molar-refractivity contribution in [3.05, 3.63) is 42.6 Å². The summed E-state index contributed by atoms with van der Waals surface area (Å²) >= 11 is 0. The van der Waals surface area contributed by atoms with Crippen molar-refractivity contribution >= 4 is 10.9 Å². The number of hydrogen-bond acceptors (Lipinski definition) is 4. The quantitative estimate of drug-likeness (QED) is 0.681. The highest BCUT2D eigenvalue weighted by molar-refractivity contribution is 5.85. The average Bonchev–Trinajstić information content (AvgIpc) is 3.29. The van der Waals surface area contributed by atoms with Crippen molar-refractivity contribution in [3.63, 3.8) is 0 Å². The molecule has 6 nitrogen and oxygen atoms in total. The molecule has 0 bridgehead atoms. The third-order valence-electron chi connectivity index (χ3n) is 4.85. The van der Waals surface area contributed by atoms with Crippen LogP contribution in [-0.2, 0) is 6.42 Å². The van der Waals surface area contributed by atoms with Crippen molar-refractivity contribution in [3.8, 4) is 5.69 Å². The molecule has 6 heteroatoms. The molecule has 0 saturated carbocycles. The van der Waals surface area contributed by atoms with Crippen molar-refractivity contribution < 1.29 is 0 Å². The Hall–Kier alpha value is -2.18. The zero-order valence-electron chi connectivity index (χ0n) is 13.9. The summed E-state index contributed by atoms with van der Waals surface area (Å²) in [5.41, 5.74) is 3.71. The average molecular weight is 324 g/mol. The second kappa shape index (κ2) is 7.15. The molecule has 3 heterocycles. The van der Waals surface area contributed by atoms with Gasteiger partial charge in [0.05, 0.1) is 0 Å². The molecule has 0 atom stereocenters. The Morgan fingerprint density at radius 3 is 2.71 bits per heavy atom. The van der Waals surface area contributed by atoms with Crippen LogP contribution >= 0.6 is 0 Å². The standard InChI is InChI=1S/C18H24N6/c1(2-8-23-9-6-19-7-10-23)3-15-12-20-18-5-4-16(11-17(15)18)24-13-21-22-14-24/h4-5,11-14,19-20H,1-3,6-10H2. The lowest BCUT2D eigenvalue weighted by molar-refractivity contribution is 0.237. The van der Waals surface area contributed by atoms with Crippen LogP contribution in [0.25, 0.3) is 16.6 Å². The molecule has 1 saturated heterocycles. The third-order valence-corrected chi connectivity index (χ3v) is 4.85. The van der Waals surface area contributed by atoms with Crippen LogP contribution in [0.5, 0.6) is 0 Å². The minimum absolute atomic E-state index is 1.11. The lowest BCUT2D eigenvalue weighted by atomic mass is 10.1. The number of aromatic amines is 1. The summed E-state index contributed by atoms with van der Waals surface area (Å²) in [4.78, 5) is 5.96. The van der Waals surface area contributed by atoms with Crippen molar-refractivity contribution in [2.24, 2.45) is 0 Å². The summed E-state index contributed by atoms with van der Waals surface area (Å²) in [6.07, 6.45) is 9.25. The highest BCUT2D eigenvalue weighted by Crippen LogP contribution is 2.23. The Labute approximate surface area is 141 Å². The summed E-state index contributed by atoms with van der Waals surface area (Å²) in [5.74, 6) is 0. The van der Waals surface area contributed by atoms with E-state index < -0.39 is 0 Å². The van der Waals surface area contributed by atoms with Gasteiger partial charge in [0.25, 0.3) is 0 Å². The maximum absolute atomic E-state index is 3.89. The van der Waals surface area contributed by atoms with Gasteiger partial charge in [-0.2, -0.15) is 0 Å². The maximum atomic E-state index is 3.89. The van der Waals surface area contributed by atoms with Gasteiger partial charge in [-0.1, -0.05) is 0 Å². The van der Waals surface area contributed by atoms with Crippen molar-refractivity contribution in [1.29, 1.82) is 0 Å². The fourth-order valence-corrected chi connectivity index (χ4v) is 3.45. The van der Waals surface area contributed by atoms with Crippen LogP contribution in [0.3, 0.4) is 0 Å². The van der Waals surface area contributed by atoms with Gasteiger partial charge in [0, 0.05) is 49.0 Å². The first-order chi connectivity index (χ1) is 11.9. The molecule has 2 aromatic heterocycles. The molecule has 0 unspecified atom stereocenters. The Kier molecular flexibility index (Phi) is 4.57. The molecule has 3 aromatic rings. The van der Waals surface area contributed by atoms with E-state index in [1.165, 1.54) is 48.9 Å². The molecule has 4 rings (SSSR count). The first-order valence-electron chi connectivity index (χ1n) is 8.78. The second-order valence-electron chi connectivity index (χ2n) is 6.46. The van der Waals surface area contributed by atoms with Crippen molar-refractivity contribution in [1.82, 2.24) is 30.0 Å². The molecule has 0 amide bonds. The lowest BCUT2D eigenvalue weighted by Crippen LogP contribution is -2.43. The number of nitrogens with zero attached hydrogens (tertiary/aromatic N) is 4. The van der Waals surface area contributed by atoms with E-state index in [-0.39, 0.29) is 0 Å². The third kappa shape index (κ3) is 3.34. The Morgan fingerprint density at radius 1 is 1.04 bits per heavy atom. The normalized spacial score (nSPS) is 16.0. The van der Waals surface area contributed by atoms with E-state index >= 15 is 0 Å². The molecular weight excluding hydrogens is 300 g/mol. The number of aryl methyl sites for hydroxylation is 1. The van der Waals surface area contributed by atoms with Gasteiger partial charge in [-0.25, -0.2) is 0 Å². The monoisotopic (exact) mass is 324 g/mol. The number of benzene rings is 1. The first kappa shape index (κ1) is 15.4. The highest BCUT2D eigenvalue weighted by Gasteiger charge is 2.09. The zero-order valence-corrected chi connectivity index (χ0v) is 13.9. The fraction of sp³-hybridized carbons (Fsp3) is 0.444. The Morgan fingerprint density at radius 2 is 1.88 bits per heavy atom. The van der Waals surface area contributed by atoms with Gasteiger partial charge in [-0.15, -0.1) is 10.2 Å². The van der Waals surface area contributed by atoms with E-state index in [4.69, 9.17) is 0 Å². The Balaban J connectivity index is 1.39. The van der Waals surface area contributed by atoms with Crippen LogP contribution in [-0.4, -0.2) is 57.4 Å². The van der Waals surface area contributed by atoms with Gasteiger partial charge < -0.3 is 15.2 Å².